The maximum absolute atomic E-state index is 11.3. The first kappa shape index (κ1) is 12.4. The van der Waals surface area contributed by atoms with Gasteiger partial charge in [-0.2, -0.15) is 0 Å². The van der Waals surface area contributed by atoms with Gasteiger partial charge in [0.05, 0.1) is 17.8 Å². The zero-order valence-corrected chi connectivity index (χ0v) is 11.1. The molecule has 0 aliphatic heterocycles. The molecular formula is C16H14N2O2. The summed E-state index contributed by atoms with van der Waals surface area (Å²) in [5.74, 6) is -0.905. The zero-order chi connectivity index (χ0) is 14.1. The third-order valence-corrected chi connectivity index (χ3v) is 3.46. The fourth-order valence-electron chi connectivity index (χ4n) is 2.39. The summed E-state index contributed by atoms with van der Waals surface area (Å²) >= 11 is 0. The highest BCUT2D eigenvalue weighted by molar-refractivity contribution is 6.03. The molecule has 0 fully saturated rings. The fourth-order valence-corrected chi connectivity index (χ4v) is 2.39. The van der Waals surface area contributed by atoms with E-state index in [4.69, 9.17) is 0 Å². The molecule has 0 saturated heterocycles. The molecule has 2 aromatic heterocycles. The van der Waals surface area contributed by atoms with E-state index in [1.165, 1.54) is 0 Å². The van der Waals surface area contributed by atoms with Crippen LogP contribution in [0.4, 0.5) is 0 Å². The summed E-state index contributed by atoms with van der Waals surface area (Å²) in [6, 6.07) is 11.4. The summed E-state index contributed by atoms with van der Waals surface area (Å²) in [6.45, 7) is 2.58. The van der Waals surface area contributed by atoms with Crippen LogP contribution in [-0.2, 0) is 6.54 Å². The standard InChI is InChI=1S/C16H14N2O2/c1-11-5-4-8-17-14(11)10-18-9-13(16(19)20)12-6-2-3-7-15(12)18/h2-9H,10H2,1H3,(H,19,20). The molecular weight excluding hydrogens is 252 g/mol. The number of fused-ring (bicyclic) bond motifs is 1. The molecule has 0 bridgehead atoms. The lowest BCUT2D eigenvalue weighted by Gasteiger charge is -2.07. The maximum Gasteiger partial charge on any atom is 0.337 e. The Morgan fingerprint density at radius 2 is 2.05 bits per heavy atom. The Hall–Kier alpha value is -2.62. The van der Waals surface area contributed by atoms with Crippen molar-refractivity contribution in [3.8, 4) is 0 Å². The van der Waals surface area contributed by atoms with Gasteiger partial charge < -0.3 is 9.67 Å². The molecule has 2 heterocycles. The number of hydrogen-bond donors (Lipinski definition) is 1. The number of aryl methyl sites for hydroxylation is 1. The van der Waals surface area contributed by atoms with Crippen LogP contribution in [0.5, 0.6) is 0 Å². The van der Waals surface area contributed by atoms with Gasteiger partial charge in [0.25, 0.3) is 0 Å². The van der Waals surface area contributed by atoms with E-state index >= 15 is 0 Å². The van der Waals surface area contributed by atoms with E-state index in [1.807, 2.05) is 47.9 Å². The van der Waals surface area contributed by atoms with Crippen LogP contribution in [-0.4, -0.2) is 20.6 Å². The number of para-hydroxylation sites is 1. The minimum Gasteiger partial charge on any atom is -0.478 e. The lowest BCUT2D eigenvalue weighted by Crippen LogP contribution is -2.02. The predicted octanol–water partition coefficient (Wildman–Crippen LogP) is 3.09. The lowest BCUT2D eigenvalue weighted by molar-refractivity contribution is 0.0699. The minimum atomic E-state index is -0.905. The Balaban J connectivity index is 2.13. The van der Waals surface area contributed by atoms with Gasteiger partial charge >= 0.3 is 5.97 Å². The first-order valence-electron chi connectivity index (χ1n) is 6.38. The second-order valence-electron chi connectivity index (χ2n) is 4.76. The molecule has 0 aliphatic rings. The van der Waals surface area contributed by atoms with Crippen LogP contribution in [0.15, 0.2) is 48.8 Å². The molecule has 0 spiro atoms. The largest absolute Gasteiger partial charge is 0.478 e. The third-order valence-electron chi connectivity index (χ3n) is 3.46. The fraction of sp³-hybridized carbons (Fsp3) is 0.125. The number of pyridine rings is 1. The summed E-state index contributed by atoms with van der Waals surface area (Å²) in [5.41, 5.74) is 3.29. The number of carbonyl (C=O) groups is 1. The summed E-state index contributed by atoms with van der Waals surface area (Å²) in [4.78, 5) is 15.7. The van der Waals surface area contributed by atoms with Crippen molar-refractivity contribution in [2.45, 2.75) is 13.5 Å². The molecule has 0 aliphatic carbocycles. The number of nitrogens with zero attached hydrogens (tertiary/aromatic N) is 2. The van der Waals surface area contributed by atoms with Crippen LogP contribution in [0.1, 0.15) is 21.6 Å². The smallest absolute Gasteiger partial charge is 0.337 e. The molecule has 0 saturated carbocycles. The average Bonchev–Trinajstić information content (AvgIpc) is 2.81. The van der Waals surface area contributed by atoms with Gasteiger partial charge in [0.15, 0.2) is 0 Å². The number of rotatable bonds is 3. The Bertz CT molecular complexity index is 790. The molecule has 0 atom stereocenters. The number of carboxylic acids is 1. The van der Waals surface area contributed by atoms with Crippen LogP contribution in [0.2, 0.25) is 0 Å². The van der Waals surface area contributed by atoms with Crippen LogP contribution in [0.3, 0.4) is 0 Å². The van der Waals surface area contributed by atoms with Gasteiger partial charge in [0, 0.05) is 23.3 Å². The van der Waals surface area contributed by atoms with Crippen LogP contribution in [0.25, 0.3) is 10.9 Å². The maximum atomic E-state index is 11.3. The van der Waals surface area contributed by atoms with Gasteiger partial charge in [-0.25, -0.2) is 4.79 Å². The third kappa shape index (κ3) is 2.05. The number of hydrogen-bond acceptors (Lipinski definition) is 2. The van der Waals surface area contributed by atoms with Crippen molar-refractivity contribution in [3.63, 3.8) is 0 Å². The average molecular weight is 266 g/mol. The molecule has 1 aromatic carbocycles. The van der Waals surface area contributed by atoms with E-state index in [1.54, 1.807) is 12.4 Å². The SMILES string of the molecule is Cc1cccnc1Cn1cc(C(=O)O)c2ccccc21. The molecule has 0 amide bonds. The Morgan fingerprint density at radius 1 is 1.25 bits per heavy atom. The Kier molecular flexibility index (Phi) is 2.99. The van der Waals surface area contributed by atoms with Gasteiger partial charge in [-0.1, -0.05) is 24.3 Å². The van der Waals surface area contributed by atoms with E-state index < -0.39 is 5.97 Å². The number of carboxylic acid groups (broad SMARTS) is 1. The van der Waals surface area contributed by atoms with Crippen molar-refractivity contribution < 1.29 is 9.90 Å². The molecule has 0 radical (unpaired) electrons. The second-order valence-corrected chi connectivity index (χ2v) is 4.76. The number of benzene rings is 1. The van der Waals surface area contributed by atoms with E-state index in [-0.39, 0.29) is 0 Å². The van der Waals surface area contributed by atoms with Crippen molar-refractivity contribution in [3.05, 3.63) is 65.6 Å². The number of aromatic nitrogens is 2. The van der Waals surface area contributed by atoms with Crippen molar-refractivity contribution in [1.29, 1.82) is 0 Å². The van der Waals surface area contributed by atoms with E-state index in [0.717, 1.165) is 22.2 Å². The zero-order valence-electron chi connectivity index (χ0n) is 11.1. The molecule has 100 valence electrons. The van der Waals surface area contributed by atoms with E-state index in [2.05, 4.69) is 4.98 Å². The van der Waals surface area contributed by atoms with Crippen LogP contribution >= 0.6 is 0 Å². The Labute approximate surface area is 116 Å². The van der Waals surface area contributed by atoms with Gasteiger partial charge in [-0.15, -0.1) is 0 Å². The molecule has 4 heteroatoms. The highest BCUT2D eigenvalue weighted by Crippen LogP contribution is 2.22. The highest BCUT2D eigenvalue weighted by atomic mass is 16.4. The van der Waals surface area contributed by atoms with Gasteiger partial charge in [-0.3, -0.25) is 4.98 Å². The number of aromatic carboxylic acids is 1. The van der Waals surface area contributed by atoms with Gasteiger partial charge in [0.1, 0.15) is 0 Å². The molecule has 3 aromatic rings. The first-order chi connectivity index (χ1) is 9.66. The molecule has 3 rings (SSSR count). The van der Waals surface area contributed by atoms with Crippen LogP contribution < -0.4 is 0 Å². The molecule has 0 unspecified atom stereocenters. The molecule has 1 N–H and O–H groups in total. The van der Waals surface area contributed by atoms with Crippen molar-refractivity contribution >= 4 is 16.9 Å². The summed E-state index contributed by atoms with van der Waals surface area (Å²) in [5, 5.41) is 10.0. The lowest BCUT2D eigenvalue weighted by atomic mass is 10.2. The van der Waals surface area contributed by atoms with Gasteiger partial charge in [-0.05, 0) is 24.6 Å². The Morgan fingerprint density at radius 3 is 2.80 bits per heavy atom. The molecule has 20 heavy (non-hydrogen) atoms. The monoisotopic (exact) mass is 266 g/mol. The van der Waals surface area contributed by atoms with Crippen molar-refractivity contribution in [1.82, 2.24) is 9.55 Å². The normalized spacial score (nSPS) is 10.8. The summed E-state index contributed by atoms with van der Waals surface area (Å²) < 4.78 is 1.94. The summed E-state index contributed by atoms with van der Waals surface area (Å²) in [7, 11) is 0. The predicted molar refractivity (Wildman–Crippen MR) is 77.0 cm³/mol. The van der Waals surface area contributed by atoms with Gasteiger partial charge in [0.2, 0.25) is 0 Å². The second kappa shape index (κ2) is 4.81. The van der Waals surface area contributed by atoms with Crippen molar-refractivity contribution in [2.75, 3.05) is 0 Å². The molecule has 4 nitrogen and oxygen atoms in total. The minimum absolute atomic E-state index is 0.328. The summed E-state index contributed by atoms with van der Waals surface area (Å²) in [6.07, 6.45) is 3.44. The van der Waals surface area contributed by atoms with E-state index in [0.29, 0.717) is 12.1 Å². The van der Waals surface area contributed by atoms with Crippen molar-refractivity contribution in [2.24, 2.45) is 0 Å². The van der Waals surface area contributed by atoms with E-state index in [9.17, 15) is 9.90 Å². The topological polar surface area (TPSA) is 55.1 Å². The quantitative estimate of drug-likeness (QED) is 0.792. The first-order valence-corrected chi connectivity index (χ1v) is 6.38. The van der Waals surface area contributed by atoms with Crippen LogP contribution in [0, 0.1) is 6.92 Å². The highest BCUT2D eigenvalue weighted by Gasteiger charge is 2.14.